The van der Waals surface area contributed by atoms with Gasteiger partial charge in [-0.1, -0.05) is 72.8 Å². The van der Waals surface area contributed by atoms with Gasteiger partial charge in [0, 0.05) is 34.9 Å². The molecular weight excluding hydrogens is 534 g/mol. The van der Waals surface area contributed by atoms with E-state index >= 15 is 0 Å². The first-order chi connectivity index (χ1) is 20.2. The topological polar surface area (TPSA) is 142 Å². The average Bonchev–Trinajstić information content (AvgIpc) is 2.99. The Morgan fingerprint density at radius 1 is 0.810 bits per heavy atom. The Hall–Kier alpha value is -5.02. The number of hydrogen-bond acceptors (Lipinski definition) is 6. The summed E-state index contributed by atoms with van der Waals surface area (Å²) in [5, 5.41) is 38.7. The van der Waals surface area contributed by atoms with Crippen molar-refractivity contribution in [2.75, 3.05) is 0 Å². The van der Waals surface area contributed by atoms with Gasteiger partial charge in [0.25, 0.3) is 17.5 Å². The lowest BCUT2D eigenvalue weighted by Crippen LogP contribution is -2.48. The van der Waals surface area contributed by atoms with Gasteiger partial charge in [0.05, 0.1) is 17.1 Å². The molecule has 0 aromatic heterocycles. The van der Waals surface area contributed by atoms with Gasteiger partial charge in [-0.2, -0.15) is 0 Å². The summed E-state index contributed by atoms with van der Waals surface area (Å²) in [6.07, 6.45) is -0.281. The van der Waals surface area contributed by atoms with Crippen molar-refractivity contribution >= 4 is 17.5 Å². The first kappa shape index (κ1) is 30.0. The van der Waals surface area contributed by atoms with Crippen LogP contribution in [0.3, 0.4) is 0 Å². The highest BCUT2D eigenvalue weighted by molar-refractivity contribution is 5.96. The van der Waals surface area contributed by atoms with Gasteiger partial charge in [-0.15, -0.1) is 0 Å². The summed E-state index contributed by atoms with van der Waals surface area (Å²) in [5.41, 5.74) is 2.47. The van der Waals surface area contributed by atoms with Crippen molar-refractivity contribution in [2.45, 2.75) is 44.4 Å². The van der Waals surface area contributed by atoms with Gasteiger partial charge < -0.3 is 20.8 Å². The lowest BCUT2D eigenvalue weighted by atomic mass is 9.93. The summed E-state index contributed by atoms with van der Waals surface area (Å²) in [6.45, 7) is 1.65. The molecule has 0 aliphatic rings. The molecule has 0 aliphatic carbocycles. The first-order valence-corrected chi connectivity index (χ1v) is 13.6. The molecule has 0 fully saturated rings. The predicted octanol–water partition coefficient (Wildman–Crippen LogP) is 4.74. The van der Waals surface area contributed by atoms with Crippen LogP contribution in [0.25, 0.3) is 0 Å². The molecule has 4 rings (SSSR count). The van der Waals surface area contributed by atoms with Crippen LogP contribution in [-0.4, -0.2) is 45.1 Å². The molecule has 9 heteroatoms. The molecule has 216 valence electrons. The van der Waals surface area contributed by atoms with E-state index in [1.165, 1.54) is 30.3 Å². The van der Waals surface area contributed by atoms with Gasteiger partial charge in [-0.3, -0.25) is 19.7 Å². The molecule has 4 N–H and O–H groups in total. The second-order valence-electron chi connectivity index (χ2n) is 10.2. The number of aliphatic hydroxyl groups is 1. The maximum absolute atomic E-state index is 13.3. The number of nitrogens with one attached hydrogen (secondary N) is 2. The molecule has 4 aromatic carbocycles. The zero-order chi connectivity index (χ0) is 30.1. The molecule has 3 atom stereocenters. The van der Waals surface area contributed by atoms with Crippen LogP contribution in [-0.2, 0) is 12.8 Å². The highest BCUT2D eigenvalue weighted by atomic mass is 16.6. The zero-order valence-corrected chi connectivity index (χ0v) is 23.1. The Kier molecular flexibility index (Phi) is 10.0. The van der Waals surface area contributed by atoms with E-state index in [1.54, 1.807) is 19.1 Å². The third-order valence-corrected chi connectivity index (χ3v) is 7.13. The van der Waals surface area contributed by atoms with E-state index in [2.05, 4.69) is 10.6 Å². The molecule has 0 spiro atoms. The Morgan fingerprint density at radius 2 is 1.43 bits per heavy atom. The summed E-state index contributed by atoms with van der Waals surface area (Å²) in [5.74, 6) is -0.955. The Bertz CT molecular complexity index is 1530. The highest BCUT2D eigenvalue weighted by Gasteiger charge is 2.27. The summed E-state index contributed by atoms with van der Waals surface area (Å²) >= 11 is 0. The number of hydrogen-bond donors (Lipinski definition) is 4. The Morgan fingerprint density at radius 3 is 2.07 bits per heavy atom. The summed E-state index contributed by atoms with van der Waals surface area (Å²) < 4.78 is 0. The molecule has 2 amide bonds. The van der Waals surface area contributed by atoms with Crippen LogP contribution in [0.2, 0.25) is 0 Å². The minimum absolute atomic E-state index is 0.00501. The van der Waals surface area contributed by atoms with Crippen molar-refractivity contribution in [1.82, 2.24) is 10.6 Å². The van der Waals surface area contributed by atoms with Crippen molar-refractivity contribution in [1.29, 1.82) is 0 Å². The van der Waals surface area contributed by atoms with Crippen LogP contribution in [0.1, 0.15) is 43.8 Å². The molecule has 9 nitrogen and oxygen atoms in total. The number of phenols is 1. The highest BCUT2D eigenvalue weighted by Crippen LogP contribution is 2.21. The maximum atomic E-state index is 13.3. The third kappa shape index (κ3) is 8.02. The molecular formula is C33H33N3O6. The number of carbonyl (C=O) groups is 2. The number of aromatic hydroxyl groups is 1. The zero-order valence-electron chi connectivity index (χ0n) is 23.1. The average molecular weight is 568 g/mol. The fourth-order valence-corrected chi connectivity index (χ4v) is 4.84. The van der Waals surface area contributed by atoms with Crippen LogP contribution in [0.15, 0.2) is 103 Å². The Labute approximate surface area is 244 Å². The number of nitro benzene ring substituents is 1. The third-order valence-electron chi connectivity index (χ3n) is 7.13. The van der Waals surface area contributed by atoms with E-state index in [4.69, 9.17) is 0 Å². The molecule has 0 saturated heterocycles. The largest absolute Gasteiger partial charge is 0.508 e. The van der Waals surface area contributed by atoms with Crippen LogP contribution in [0.4, 0.5) is 5.69 Å². The van der Waals surface area contributed by atoms with Crippen molar-refractivity contribution in [3.63, 3.8) is 0 Å². The van der Waals surface area contributed by atoms with Crippen LogP contribution < -0.4 is 10.6 Å². The number of nitrogens with zero attached hydrogens (tertiary/aromatic N) is 1. The Balaban J connectivity index is 1.58. The van der Waals surface area contributed by atoms with E-state index < -0.39 is 34.9 Å². The first-order valence-electron chi connectivity index (χ1n) is 13.6. The van der Waals surface area contributed by atoms with Gasteiger partial charge in [0.1, 0.15) is 5.75 Å². The van der Waals surface area contributed by atoms with Gasteiger partial charge >= 0.3 is 0 Å². The number of amides is 2. The number of carbonyl (C=O) groups excluding carboxylic acids is 2. The van der Waals surface area contributed by atoms with Crippen LogP contribution in [0.5, 0.6) is 5.75 Å². The number of non-ortho nitro benzene ring substituents is 1. The van der Waals surface area contributed by atoms with E-state index in [1.807, 2.05) is 60.7 Å². The quantitative estimate of drug-likeness (QED) is 0.144. The number of rotatable bonds is 12. The molecule has 0 heterocycles. The standard InChI is InChI=1S/C33H33N3O6/c1-22-28(16-9-17-30(22)37)33(40)35-29(19-24-12-6-3-7-13-24)31(38)21-26(18-23-10-4-2-5-11-23)34-32(39)25-14-8-15-27(20-25)36(41)42/h2-17,20,26,29,31,37-38H,18-19,21H2,1H3,(H,34,39)(H,35,40)/t26-,29-,31-/m0/s1. The summed E-state index contributed by atoms with van der Waals surface area (Å²) in [7, 11) is 0. The fourth-order valence-electron chi connectivity index (χ4n) is 4.84. The number of nitro groups is 1. The predicted molar refractivity (Wildman–Crippen MR) is 159 cm³/mol. The van der Waals surface area contributed by atoms with E-state index in [0.717, 1.165) is 11.1 Å². The fraction of sp³-hybridized carbons (Fsp3) is 0.212. The second-order valence-corrected chi connectivity index (χ2v) is 10.2. The van der Waals surface area contributed by atoms with Crippen molar-refractivity contribution in [2.24, 2.45) is 0 Å². The monoisotopic (exact) mass is 567 g/mol. The van der Waals surface area contributed by atoms with E-state index in [-0.39, 0.29) is 23.4 Å². The molecule has 42 heavy (non-hydrogen) atoms. The van der Waals surface area contributed by atoms with Gasteiger partial charge in [-0.25, -0.2) is 0 Å². The van der Waals surface area contributed by atoms with Crippen molar-refractivity contribution < 1.29 is 24.7 Å². The van der Waals surface area contributed by atoms with Crippen molar-refractivity contribution in [3.8, 4) is 5.75 Å². The molecule has 0 saturated carbocycles. The smallest absolute Gasteiger partial charge is 0.270 e. The molecule has 0 aliphatic heterocycles. The molecule has 0 bridgehead atoms. The summed E-state index contributed by atoms with van der Waals surface area (Å²) in [4.78, 5) is 37.1. The lowest BCUT2D eigenvalue weighted by molar-refractivity contribution is -0.384. The molecule has 0 radical (unpaired) electrons. The SMILES string of the molecule is Cc1c(O)cccc1C(=O)N[C@@H](Cc1ccccc1)[C@@H](O)C[C@H](Cc1ccccc1)NC(=O)c1cccc([N+](=O)[O-])c1. The van der Waals surface area contributed by atoms with Crippen LogP contribution in [0, 0.1) is 17.0 Å². The number of aliphatic hydroxyl groups excluding tert-OH is 1. The summed E-state index contributed by atoms with van der Waals surface area (Å²) in [6, 6.07) is 27.7. The number of phenolic OH excluding ortho intramolecular Hbond substituents is 1. The molecule has 0 unspecified atom stereocenters. The van der Waals surface area contributed by atoms with Crippen molar-refractivity contribution in [3.05, 3.63) is 141 Å². The lowest BCUT2D eigenvalue weighted by Gasteiger charge is -2.29. The van der Waals surface area contributed by atoms with Gasteiger partial charge in [0.15, 0.2) is 0 Å². The minimum atomic E-state index is -1.08. The van der Waals surface area contributed by atoms with Crippen LogP contribution >= 0.6 is 0 Å². The molecule has 4 aromatic rings. The second kappa shape index (κ2) is 14.0. The van der Waals surface area contributed by atoms with Gasteiger partial charge in [-0.05, 0) is 55.5 Å². The minimum Gasteiger partial charge on any atom is -0.508 e. The van der Waals surface area contributed by atoms with E-state index in [9.17, 15) is 29.9 Å². The number of benzene rings is 4. The van der Waals surface area contributed by atoms with Gasteiger partial charge in [0.2, 0.25) is 0 Å². The maximum Gasteiger partial charge on any atom is 0.270 e. The normalized spacial score (nSPS) is 13.0. The van der Waals surface area contributed by atoms with E-state index in [0.29, 0.717) is 24.0 Å².